The minimum absolute atomic E-state index is 0.00150. The zero-order valence-corrected chi connectivity index (χ0v) is 13.9. The molecular formula is C17H30N2O2. The van der Waals surface area contributed by atoms with Gasteiger partial charge in [-0.2, -0.15) is 0 Å². The van der Waals surface area contributed by atoms with E-state index < -0.39 is 6.04 Å². The predicted molar refractivity (Wildman–Crippen MR) is 83.8 cm³/mol. The Labute approximate surface area is 128 Å². The van der Waals surface area contributed by atoms with Crippen molar-refractivity contribution in [2.45, 2.75) is 78.3 Å². The largest absolute Gasteiger partial charge is 0.344 e. The molecule has 1 heterocycles. The topological polar surface area (TPSA) is 49.4 Å². The Morgan fingerprint density at radius 1 is 1.14 bits per heavy atom. The van der Waals surface area contributed by atoms with Crippen LogP contribution in [0.1, 0.15) is 66.2 Å². The summed E-state index contributed by atoms with van der Waals surface area (Å²) in [7, 11) is 0. The van der Waals surface area contributed by atoms with Crippen molar-refractivity contribution >= 4 is 11.8 Å². The van der Waals surface area contributed by atoms with Crippen LogP contribution >= 0.6 is 0 Å². The predicted octanol–water partition coefficient (Wildman–Crippen LogP) is 2.72. The first-order chi connectivity index (χ1) is 9.80. The molecule has 1 saturated carbocycles. The normalized spacial score (nSPS) is 27.2. The quantitative estimate of drug-likeness (QED) is 0.851. The molecule has 120 valence electrons. The Hall–Kier alpha value is -1.06. The van der Waals surface area contributed by atoms with Gasteiger partial charge in [0.25, 0.3) is 0 Å². The van der Waals surface area contributed by atoms with Crippen molar-refractivity contribution in [3.05, 3.63) is 0 Å². The highest BCUT2D eigenvalue weighted by atomic mass is 16.2. The number of nitrogens with one attached hydrogen (secondary N) is 1. The van der Waals surface area contributed by atoms with Crippen LogP contribution in [0.2, 0.25) is 0 Å². The van der Waals surface area contributed by atoms with E-state index >= 15 is 0 Å². The molecular weight excluding hydrogens is 264 g/mol. The van der Waals surface area contributed by atoms with Crippen LogP contribution in [-0.4, -0.2) is 35.3 Å². The van der Waals surface area contributed by atoms with Crippen molar-refractivity contribution in [2.75, 3.05) is 6.54 Å². The van der Waals surface area contributed by atoms with E-state index in [2.05, 4.69) is 12.2 Å². The van der Waals surface area contributed by atoms with E-state index in [0.29, 0.717) is 18.9 Å². The highest BCUT2D eigenvalue weighted by molar-refractivity contribution is 5.90. The van der Waals surface area contributed by atoms with Crippen LogP contribution in [-0.2, 0) is 9.59 Å². The van der Waals surface area contributed by atoms with E-state index in [1.807, 2.05) is 25.7 Å². The van der Waals surface area contributed by atoms with Gasteiger partial charge in [0.15, 0.2) is 0 Å². The third-order valence-corrected chi connectivity index (χ3v) is 5.10. The molecule has 1 aliphatic carbocycles. The van der Waals surface area contributed by atoms with E-state index in [0.717, 1.165) is 0 Å². The lowest BCUT2D eigenvalue weighted by Crippen LogP contribution is -2.54. The van der Waals surface area contributed by atoms with Gasteiger partial charge in [0.05, 0.1) is 0 Å². The molecule has 1 saturated heterocycles. The van der Waals surface area contributed by atoms with E-state index in [1.54, 1.807) is 0 Å². The van der Waals surface area contributed by atoms with Gasteiger partial charge < -0.3 is 10.2 Å². The second kappa shape index (κ2) is 6.37. The number of amides is 2. The van der Waals surface area contributed by atoms with Gasteiger partial charge in [-0.3, -0.25) is 9.59 Å². The lowest BCUT2D eigenvalue weighted by atomic mass is 9.82. The Bertz CT molecular complexity index is 394. The number of rotatable bonds is 2. The first kappa shape index (κ1) is 16.3. The van der Waals surface area contributed by atoms with Crippen LogP contribution in [0.3, 0.4) is 0 Å². The van der Waals surface area contributed by atoms with Gasteiger partial charge in [-0.1, -0.05) is 40.0 Å². The van der Waals surface area contributed by atoms with Gasteiger partial charge in [-0.25, -0.2) is 0 Å². The third kappa shape index (κ3) is 3.78. The second-order valence-electron chi connectivity index (χ2n) is 7.79. The van der Waals surface area contributed by atoms with Crippen LogP contribution in [0, 0.1) is 11.3 Å². The number of carbonyl (C=O) groups excluding carboxylic acids is 2. The summed E-state index contributed by atoms with van der Waals surface area (Å²) in [5.74, 6) is 0.699. The molecule has 0 aromatic carbocycles. The molecule has 4 nitrogen and oxygen atoms in total. The van der Waals surface area contributed by atoms with Crippen LogP contribution < -0.4 is 5.32 Å². The second-order valence-corrected chi connectivity index (χ2v) is 7.79. The zero-order chi connectivity index (χ0) is 15.6. The molecule has 1 N–H and O–H groups in total. The summed E-state index contributed by atoms with van der Waals surface area (Å²) < 4.78 is 0. The summed E-state index contributed by atoms with van der Waals surface area (Å²) in [5.41, 5.74) is -0.248. The van der Waals surface area contributed by atoms with Crippen molar-refractivity contribution in [3.8, 4) is 0 Å². The van der Waals surface area contributed by atoms with Crippen molar-refractivity contribution in [2.24, 2.45) is 11.3 Å². The summed E-state index contributed by atoms with van der Waals surface area (Å²) in [6.07, 6.45) is 6.73. The average molecular weight is 294 g/mol. The molecule has 0 spiro atoms. The van der Waals surface area contributed by atoms with E-state index in [4.69, 9.17) is 0 Å². The maximum atomic E-state index is 12.9. The fourth-order valence-electron chi connectivity index (χ4n) is 3.66. The zero-order valence-electron chi connectivity index (χ0n) is 13.9. The first-order valence-electron chi connectivity index (χ1n) is 8.40. The van der Waals surface area contributed by atoms with Gasteiger partial charge >= 0.3 is 0 Å². The molecule has 0 bridgehead atoms. The Morgan fingerprint density at radius 2 is 1.76 bits per heavy atom. The third-order valence-electron chi connectivity index (χ3n) is 5.10. The van der Waals surface area contributed by atoms with Gasteiger partial charge in [0.1, 0.15) is 6.04 Å². The highest BCUT2D eigenvalue weighted by Gasteiger charge is 2.40. The van der Waals surface area contributed by atoms with E-state index in [-0.39, 0.29) is 23.3 Å². The summed E-state index contributed by atoms with van der Waals surface area (Å²) >= 11 is 0. The van der Waals surface area contributed by atoms with Crippen LogP contribution in [0.15, 0.2) is 0 Å². The fraction of sp³-hybridized carbons (Fsp3) is 0.882. The lowest BCUT2D eigenvalue weighted by Gasteiger charge is -2.39. The molecule has 0 radical (unpaired) electrons. The standard InChI is InChI=1S/C17H30N2O2/c1-12(13-8-6-5-7-9-13)19-11-10-14(20)18-15(16(19)21)17(2,3)4/h12-13,15H,5-11H2,1-4H3,(H,18,20). The van der Waals surface area contributed by atoms with Crippen molar-refractivity contribution < 1.29 is 9.59 Å². The average Bonchev–Trinajstić information content (AvgIpc) is 2.58. The van der Waals surface area contributed by atoms with Crippen molar-refractivity contribution in [3.63, 3.8) is 0 Å². The van der Waals surface area contributed by atoms with Crippen LogP contribution in [0.5, 0.6) is 0 Å². The molecule has 2 atom stereocenters. The van der Waals surface area contributed by atoms with Crippen molar-refractivity contribution in [1.29, 1.82) is 0 Å². The number of hydrogen-bond donors (Lipinski definition) is 1. The number of carbonyl (C=O) groups is 2. The molecule has 1 aliphatic heterocycles. The monoisotopic (exact) mass is 294 g/mol. The molecule has 2 amide bonds. The molecule has 4 heteroatoms. The molecule has 2 fully saturated rings. The van der Waals surface area contributed by atoms with Crippen molar-refractivity contribution in [1.82, 2.24) is 10.2 Å². The molecule has 2 aliphatic rings. The Morgan fingerprint density at radius 3 is 2.33 bits per heavy atom. The SMILES string of the molecule is CC(C1CCCCC1)N1CCC(=O)NC(C(C)(C)C)C1=O. The van der Waals surface area contributed by atoms with Crippen LogP contribution in [0.4, 0.5) is 0 Å². The van der Waals surface area contributed by atoms with Crippen LogP contribution in [0.25, 0.3) is 0 Å². The van der Waals surface area contributed by atoms with E-state index in [9.17, 15) is 9.59 Å². The minimum Gasteiger partial charge on any atom is -0.344 e. The maximum Gasteiger partial charge on any atom is 0.245 e. The Balaban J connectivity index is 2.16. The Kier molecular flexibility index (Phi) is 4.95. The van der Waals surface area contributed by atoms with Gasteiger partial charge in [0, 0.05) is 19.0 Å². The first-order valence-corrected chi connectivity index (χ1v) is 8.40. The minimum atomic E-state index is -0.404. The highest BCUT2D eigenvalue weighted by Crippen LogP contribution is 2.31. The molecule has 2 unspecified atom stereocenters. The molecule has 2 rings (SSSR count). The summed E-state index contributed by atoms with van der Waals surface area (Å²) in [6, 6.07) is -0.158. The number of nitrogens with zero attached hydrogens (tertiary/aromatic N) is 1. The maximum absolute atomic E-state index is 12.9. The van der Waals surface area contributed by atoms with Gasteiger partial charge in [-0.05, 0) is 31.1 Å². The summed E-state index contributed by atoms with van der Waals surface area (Å²) in [6.45, 7) is 8.79. The lowest BCUT2D eigenvalue weighted by molar-refractivity contribution is -0.139. The van der Waals surface area contributed by atoms with Gasteiger partial charge in [-0.15, -0.1) is 0 Å². The number of hydrogen-bond acceptors (Lipinski definition) is 2. The van der Waals surface area contributed by atoms with E-state index in [1.165, 1.54) is 32.1 Å². The summed E-state index contributed by atoms with van der Waals surface area (Å²) in [5, 5.41) is 2.93. The molecule has 0 aromatic rings. The smallest absolute Gasteiger partial charge is 0.245 e. The fourth-order valence-corrected chi connectivity index (χ4v) is 3.66. The molecule has 21 heavy (non-hydrogen) atoms. The summed E-state index contributed by atoms with van der Waals surface area (Å²) in [4.78, 5) is 26.8. The van der Waals surface area contributed by atoms with Gasteiger partial charge in [0.2, 0.25) is 11.8 Å². The molecule has 0 aromatic heterocycles.